The lowest BCUT2D eigenvalue weighted by Gasteiger charge is -2.26. The zero-order valence-electron chi connectivity index (χ0n) is 18.4. The molecule has 0 saturated heterocycles. The molecular weight excluding hydrogens is 416 g/mol. The van der Waals surface area contributed by atoms with Gasteiger partial charge in [-0.15, -0.1) is 0 Å². The summed E-state index contributed by atoms with van der Waals surface area (Å²) in [5.41, 5.74) is 4.33. The van der Waals surface area contributed by atoms with Crippen molar-refractivity contribution in [2.24, 2.45) is 0 Å². The normalized spacial score (nSPS) is 16.7. The minimum Gasteiger partial charge on any atom is -0.349 e. The van der Waals surface area contributed by atoms with Gasteiger partial charge in [-0.3, -0.25) is 14.4 Å². The maximum Gasteiger partial charge on any atom is 0.278 e. The number of para-hydroxylation sites is 1. The van der Waals surface area contributed by atoms with Crippen molar-refractivity contribution in [1.29, 1.82) is 0 Å². The van der Waals surface area contributed by atoms with Crippen molar-refractivity contribution in [2.45, 2.75) is 44.7 Å². The highest BCUT2D eigenvalue weighted by molar-refractivity contribution is 6.05. The van der Waals surface area contributed by atoms with Crippen LogP contribution < -0.4 is 15.8 Å². The Bertz CT molecular complexity index is 1270. The highest BCUT2D eigenvalue weighted by Gasteiger charge is 2.26. The maximum absolute atomic E-state index is 13.1. The van der Waals surface area contributed by atoms with Crippen molar-refractivity contribution in [2.75, 3.05) is 11.4 Å². The largest absolute Gasteiger partial charge is 0.349 e. The van der Waals surface area contributed by atoms with E-state index >= 15 is 0 Å². The van der Waals surface area contributed by atoms with E-state index in [1.165, 1.54) is 27.9 Å². The average Bonchev–Trinajstić information content (AvgIpc) is 3.27. The lowest BCUT2D eigenvalue weighted by atomic mass is 9.88. The molecule has 2 amide bonds. The first-order valence-electron chi connectivity index (χ1n) is 11.5. The smallest absolute Gasteiger partial charge is 0.278 e. The predicted octanol–water partition coefficient (Wildman–Crippen LogP) is 3.03. The van der Waals surface area contributed by atoms with Gasteiger partial charge in [0.25, 0.3) is 11.5 Å². The van der Waals surface area contributed by atoms with E-state index in [9.17, 15) is 14.4 Å². The van der Waals surface area contributed by atoms with Crippen LogP contribution in [-0.2, 0) is 24.2 Å². The fourth-order valence-electron chi connectivity index (χ4n) is 4.79. The number of aromatic nitrogens is 2. The predicted molar refractivity (Wildman–Crippen MR) is 125 cm³/mol. The number of carbonyl (C=O) groups excluding carboxylic acids is 2. The molecule has 1 N–H and O–H groups in total. The SMILES string of the molecule is O=C(CCn1nc(C(=O)N2CCc3ccccc32)ccc1=O)NC1CCCc2ccccc21. The van der Waals surface area contributed by atoms with E-state index in [0.717, 1.165) is 36.9 Å². The van der Waals surface area contributed by atoms with Crippen molar-refractivity contribution in [1.82, 2.24) is 15.1 Å². The van der Waals surface area contributed by atoms with Gasteiger partial charge in [-0.2, -0.15) is 5.10 Å². The zero-order chi connectivity index (χ0) is 22.8. The molecule has 33 heavy (non-hydrogen) atoms. The molecule has 168 valence electrons. The molecule has 1 atom stereocenters. The molecule has 7 nitrogen and oxygen atoms in total. The minimum absolute atomic E-state index is 0.00437. The molecule has 5 rings (SSSR count). The maximum atomic E-state index is 13.1. The number of carbonyl (C=O) groups is 2. The van der Waals surface area contributed by atoms with Crippen LogP contribution in [0.4, 0.5) is 5.69 Å². The van der Waals surface area contributed by atoms with Crippen LogP contribution >= 0.6 is 0 Å². The van der Waals surface area contributed by atoms with E-state index in [-0.39, 0.29) is 42.1 Å². The highest BCUT2D eigenvalue weighted by Crippen LogP contribution is 2.30. The van der Waals surface area contributed by atoms with Crippen LogP contribution in [0.15, 0.2) is 65.5 Å². The number of anilines is 1. The molecule has 2 heterocycles. The van der Waals surface area contributed by atoms with Gasteiger partial charge in [0.05, 0.1) is 12.6 Å². The lowest BCUT2D eigenvalue weighted by Crippen LogP contribution is -2.34. The molecule has 3 aromatic rings. The molecule has 7 heteroatoms. The molecule has 2 aromatic carbocycles. The van der Waals surface area contributed by atoms with Crippen LogP contribution in [0.1, 0.15) is 52.5 Å². The quantitative estimate of drug-likeness (QED) is 0.658. The Morgan fingerprint density at radius 1 is 0.970 bits per heavy atom. The topological polar surface area (TPSA) is 84.3 Å². The number of nitrogens with one attached hydrogen (secondary N) is 1. The van der Waals surface area contributed by atoms with Crippen molar-refractivity contribution >= 4 is 17.5 Å². The van der Waals surface area contributed by atoms with Gasteiger partial charge in [0, 0.05) is 24.7 Å². The number of fused-ring (bicyclic) bond motifs is 2. The van der Waals surface area contributed by atoms with Gasteiger partial charge in [0.2, 0.25) is 5.91 Å². The van der Waals surface area contributed by atoms with Crippen LogP contribution in [0.3, 0.4) is 0 Å². The summed E-state index contributed by atoms with van der Waals surface area (Å²) in [5.74, 6) is -0.368. The Hall–Kier alpha value is -3.74. The molecule has 2 aliphatic rings. The Labute approximate surface area is 192 Å². The number of amides is 2. The molecule has 1 aliphatic heterocycles. The molecular formula is C26H26N4O3. The summed E-state index contributed by atoms with van der Waals surface area (Å²) in [6.07, 6.45) is 3.89. The van der Waals surface area contributed by atoms with Gasteiger partial charge in [-0.05, 0) is 54.5 Å². The third-order valence-corrected chi connectivity index (χ3v) is 6.47. The van der Waals surface area contributed by atoms with Crippen molar-refractivity contribution in [3.63, 3.8) is 0 Å². The van der Waals surface area contributed by atoms with Gasteiger partial charge >= 0.3 is 0 Å². The molecule has 1 aromatic heterocycles. The number of hydrogen-bond donors (Lipinski definition) is 1. The molecule has 1 unspecified atom stereocenters. The number of rotatable bonds is 5. The van der Waals surface area contributed by atoms with E-state index < -0.39 is 0 Å². The van der Waals surface area contributed by atoms with E-state index in [0.29, 0.717) is 6.54 Å². The molecule has 0 spiro atoms. The zero-order valence-corrected chi connectivity index (χ0v) is 18.4. The standard InChI is InChI=1S/C26H26N4O3/c31-24(27-21-10-5-8-18-6-1-3-9-20(18)21)15-17-30-25(32)13-12-22(28-30)26(33)29-16-14-19-7-2-4-11-23(19)29/h1-4,6-7,9,11-13,21H,5,8,10,14-17H2,(H,27,31). The van der Waals surface area contributed by atoms with Crippen LogP contribution in [0.25, 0.3) is 0 Å². The summed E-state index contributed by atoms with van der Waals surface area (Å²) in [6, 6.07) is 18.8. The summed E-state index contributed by atoms with van der Waals surface area (Å²) in [7, 11) is 0. The second-order valence-corrected chi connectivity index (χ2v) is 8.58. The molecule has 0 bridgehead atoms. The van der Waals surface area contributed by atoms with Gasteiger partial charge in [-0.1, -0.05) is 42.5 Å². The fraction of sp³-hybridized carbons (Fsp3) is 0.308. The Balaban J connectivity index is 1.26. The highest BCUT2D eigenvalue weighted by atomic mass is 16.2. The Morgan fingerprint density at radius 3 is 2.64 bits per heavy atom. The van der Waals surface area contributed by atoms with Gasteiger partial charge in [-0.25, -0.2) is 4.68 Å². The summed E-state index contributed by atoms with van der Waals surface area (Å²) < 4.78 is 1.21. The summed E-state index contributed by atoms with van der Waals surface area (Å²) in [4.78, 5) is 39.7. The molecule has 0 saturated carbocycles. The second-order valence-electron chi connectivity index (χ2n) is 8.58. The van der Waals surface area contributed by atoms with E-state index in [4.69, 9.17) is 0 Å². The Kier molecular flexibility index (Phi) is 5.77. The fourth-order valence-corrected chi connectivity index (χ4v) is 4.79. The molecule has 1 aliphatic carbocycles. The number of benzene rings is 2. The first-order valence-corrected chi connectivity index (χ1v) is 11.5. The van der Waals surface area contributed by atoms with Crippen LogP contribution in [0.5, 0.6) is 0 Å². The van der Waals surface area contributed by atoms with Crippen molar-refractivity contribution in [3.05, 3.63) is 93.4 Å². The Morgan fingerprint density at radius 2 is 1.76 bits per heavy atom. The molecule has 0 radical (unpaired) electrons. The van der Waals surface area contributed by atoms with Gasteiger partial charge in [0.15, 0.2) is 0 Å². The second kappa shape index (κ2) is 9.02. The van der Waals surface area contributed by atoms with Crippen molar-refractivity contribution in [3.8, 4) is 0 Å². The number of hydrogen-bond acceptors (Lipinski definition) is 4. The first-order chi connectivity index (χ1) is 16.1. The number of nitrogens with zero attached hydrogens (tertiary/aromatic N) is 3. The van der Waals surface area contributed by atoms with Gasteiger partial charge in [0.1, 0.15) is 5.69 Å². The minimum atomic E-state index is -0.329. The molecule has 0 fully saturated rings. The number of aryl methyl sites for hydroxylation is 2. The van der Waals surface area contributed by atoms with Crippen LogP contribution in [-0.4, -0.2) is 28.1 Å². The first kappa shape index (κ1) is 21.1. The summed E-state index contributed by atoms with van der Waals surface area (Å²) in [5, 5.41) is 7.38. The van der Waals surface area contributed by atoms with Crippen molar-refractivity contribution < 1.29 is 9.59 Å². The average molecular weight is 443 g/mol. The lowest BCUT2D eigenvalue weighted by molar-refractivity contribution is -0.122. The third kappa shape index (κ3) is 4.31. The van der Waals surface area contributed by atoms with E-state index in [2.05, 4.69) is 22.5 Å². The summed E-state index contributed by atoms with van der Waals surface area (Å²) in [6.45, 7) is 0.709. The van der Waals surface area contributed by atoms with E-state index in [1.54, 1.807) is 4.90 Å². The summed E-state index contributed by atoms with van der Waals surface area (Å²) >= 11 is 0. The van der Waals surface area contributed by atoms with Gasteiger partial charge < -0.3 is 10.2 Å². The third-order valence-electron chi connectivity index (χ3n) is 6.47. The van der Waals surface area contributed by atoms with Crippen LogP contribution in [0, 0.1) is 0 Å². The monoisotopic (exact) mass is 442 g/mol. The van der Waals surface area contributed by atoms with E-state index in [1.807, 2.05) is 36.4 Å². The van der Waals surface area contributed by atoms with Crippen LogP contribution in [0.2, 0.25) is 0 Å².